The monoisotopic (exact) mass is 421 g/mol. The molecule has 2 aromatic rings. The Hall–Kier alpha value is -2.90. The lowest BCUT2D eigenvalue weighted by Gasteiger charge is -2.38. The molecular formula is C23H31N7O. The molecule has 2 aromatic heterocycles. The van der Waals surface area contributed by atoms with Crippen molar-refractivity contribution in [3.05, 3.63) is 24.5 Å². The molecule has 8 nitrogen and oxygen atoms in total. The Morgan fingerprint density at radius 2 is 1.84 bits per heavy atom. The van der Waals surface area contributed by atoms with Gasteiger partial charge in [0, 0.05) is 25.7 Å². The molecule has 31 heavy (non-hydrogen) atoms. The number of fused-ring (bicyclic) bond motifs is 1. The highest BCUT2D eigenvalue weighted by Gasteiger charge is 2.35. The van der Waals surface area contributed by atoms with Crippen molar-refractivity contribution < 1.29 is 4.79 Å². The topological polar surface area (TPSA) is 77.5 Å². The van der Waals surface area contributed by atoms with E-state index >= 15 is 0 Å². The summed E-state index contributed by atoms with van der Waals surface area (Å²) in [6, 6.07) is 4.48. The van der Waals surface area contributed by atoms with E-state index in [0.717, 1.165) is 43.3 Å². The Morgan fingerprint density at radius 1 is 1.03 bits per heavy atom. The standard InChI is InChI=1S/C23H31N7O/c1-2-29-19-15-25-23(27-22(19)30(16-21(29)31)17-8-4-5-9-17)26-20-11-10-18(14-24-20)28-12-6-3-7-13-28/h10-11,14-15,17H,2-9,12-13,16H2,1H3,(H,24,25,26,27). The van der Waals surface area contributed by atoms with Crippen LogP contribution in [0.15, 0.2) is 24.5 Å². The number of pyridine rings is 1. The molecule has 1 amide bonds. The molecular weight excluding hydrogens is 390 g/mol. The van der Waals surface area contributed by atoms with E-state index < -0.39 is 0 Å². The number of amides is 1. The maximum absolute atomic E-state index is 12.7. The third-order valence-corrected chi connectivity index (χ3v) is 6.71. The van der Waals surface area contributed by atoms with E-state index in [1.807, 2.05) is 19.2 Å². The molecule has 164 valence electrons. The highest BCUT2D eigenvalue weighted by molar-refractivity contribution is 6.02. The summed E-state index contributed by atoms with van der Waals surface area (Å²) in [6.45, 7) is 5.22. The van der Waals surface area contributed by atoms with Crippen molar-refractivity contribution in [3.63, 3.8) is 0 Å². The van der Waals surface area contributed by atoms with Crippen molar-refractivity contribution in [3.8, 4) is 0 Å². The normalized spacial score (nSPS) is 19.6. The molecule has 0 atom stereocenters. The average molecular weight is 422 g/mol. The molecule has 4 heterocycles. The highest BCUT2D eigenvalue weighted by atomic mass is 16.2. The lowest BCUT2D eigenvalue weighted by molar-refractivity contribution is -0.117. The fourth-order valence-electron chi connectivity index (χ4n) is 5.05. The zero-order chi connectivity index (χ0) is 21.2. The Labute approximate surface area is 183 Å². The number of rotatable bonds is 5. The molecule has 0 spiro atoms. The summed E-state index contributed by atoms with van der Waals surface area (Å²) in [7, 11) is 0. The molecule has 1 N–H and O–H groups in total. The summed E-state index contributed by atoms with van der Waals surface area (Å²) >= 11 is 0. The highest BCUT2D eigenvalue weighted by Crippen LogP contribution is 2.37. The molecule has 1 saturated heterocycles. The molecule has 0 unspecified atom stereocenters. The summed E-state index contributed by atoms with van der Waals surface area (Å²) in [5.41, 5.74) is 1.98. The van der Waals surface area contributed by atoms with E-state index in [9.17, 15) is 4.79 Å². The number of carbonyl (C=O) groups excluding carboxylic acids is 1. The number of hydrogen-bond acceptors (Lipinski definition) is 7. The second-order valence-corrected chi connectivity index (χ2v) is 8.68. The van der Waals surface area contributed by atoms with Crippen LogP contribution in [0.1, 0.15) is 51.9 Å². The minimum Gasteiger partial charge on any atom is -0.370 e. The van der Waals surface area contributed by atoms with Crippen LogP contribution >= 0.6 is 0 Å². The van der Waals surface area contributed by atoms with Gasteiger partial charge in [0.25, 0.3) is 0 Å². The molecule has 5 rings (SSSR count). The van der Waals surface area contributed by atoms with Crippen molar-refractivity contribution in [1.82, 2.24) is 15.0 Å². The largest absolute Gasteiger partial charge is 0.370 e. The van der Waals surface area contributed by atoms with Crippen LogP contribution in [0.3, 0.4) is 0 Å². The minimum absolute atomic E-state index is 0.126. The molecule has 2 fully saturated rings. The maximum atomic E-state index is 12.7. The number of hydrogen-bond donors (Lipinski definition) is 1. The van der Waals surface area contributed by atoms with Gasteiger partial charge in [-0.25, -0.2) is 9.97 Å². The van der Waals surface area contributed by atoms with E-state index in [-0.39, 0.29) is 5.91 Å². The fraction of sp³-hybridized carbons (Fsp3) is 0.565. The lowest BCUT2D eigenvalue weighted by Crippen LogP contribution is -2.49. The number of carbonyl (C=O) groups is 1. The molecule has 1 aliphatic carbocycles. The van der Waals surface area contributed by atoms with Gasteiger partial charge in [0.05, 0.1) is 24.6 Å². The molecule has 1 saturated carbocycles. The zero-order valence-electron chi connectivity index (χ0n) is 18.3. The smallest absolute Gasteiger partial charge is 0.246 e. The molecule has 3 aliphatic rings. The van der Waals surface area contributed by atoms with Gasteiger partial charge < -0.3 is 20.0 Å². The first-order chi connectivity index (χ1) is 15.2. The van der Waals surface area contributed by atoms with Crippen molar-refractivity contribution in [1.29, 1.82) is 0 Å². The Kier molecular flexibility index (Phi) is 5.61. The number of nitrogens with one attached hydrogen (secondary N) is 1. The van der Waals surface area contributed by atoms with Gasteiger partial charge in [-0.1, -0.05) is 12.8 Å². The van der Waals surface area contributed by atoms with Crippen molar-refractivity contribution in [2.75, 3.05) is 46.2 Å². The number of nitrogens with zero attached hydrogens (tertiary/aromatic N) is 6. The summed E-state index contributed by atoms with van der Waals surface area (Å²) in [5, 5.41) is 3.26. The van der Waals surface area contributed by atoms with Gasteiger partial charge in [0.15, 0.2) is 5.82 Å². The van der Waals surface area contributed by atoms with Crippen LogP contribution in [0.25, 0.3) is 0 Å². The molecule has 0 bridgehead atoms. The summed E-state index contributed by atoms with van der Waals surface area (Å²) in [4.78, 5) is 33.0. The van der Waals surface area contributed by atoms with Crippen LogP contribution < -0.4 is 20.0 Å². The van der Waals surface area contributed by atoms with Crippen molar-refractivity contribution >= 4 is 34.9 Å². The third-order valence-electron chi connectivity index (χ3n) is 6.71. The van der Waals surface area contributed by atoms with Crippen LogP contribution in [0.2, 0.25) is 0 Å². The Morgan fingerprint density at radius 3 is 2.55 bits per heavy atom. The summed E-state index contributed by atoms with van der Waals surface area (Å²) in [6.07, 6.45) is 12.2. The van der Waals surface area contributed by atoms with Gasteiger partial charge in [-0.2, -0.15) is 4.98 Å². The van der Waals surface area contributed by atoms with E-state index in [1.54, 1.807) is 11.1 Å². The SMILES string of the molecule is CCN1C(=O)CN(C2CCCC2)c2nc(Nc3ccc(N4CCCCC4)cn3)ncc21. The second-order valence-electron chi connectivity index (χ2n) is 8.68. The van der Waals surface area contributed by atoms with Crippen LogP contribution in [0, 0.1) is 0 Å². The van der Waals surface area contributed by atoms with Crippen molar-refractivity contribution in [2.45, 2.75) is 57.9 Å². The second kappa shape index (κ2) is 8.69. The van der Waals surface area contributed by atoms with E-state index in [1.165, 1.54) is 37.8 Å². The van der Waals surface area contributed by atoms with Gasteiger partial charge in [-0.05, 0) is 51.2 Å². The fourth-order valence-corrected chi connectivity index (χ4v) is 5.05. The van der Waals surface area contributed by atoms with Gasteiger partial charge in [-0.15, -0.1) is 0 Å². The van der Waals surface area contributed by atoms with Gasteiger partial charge in [-0.3, -0.25) is 4.79 Å². The quantitative estimate of drug-likeness (QED) is 0.788. The minimum atomic E-state index is 0.126. The first-order valence-corrected chi connectivity index (χ1v) is 11.6. The van der Waals surface area contributed by atoms with Crippen LogP contribution in [0.5, 0.6) is 0 Å². The number of anilines is 5. The molecule has 8 heteroatoms. The number of likely N-dealkylation sites (N-methyl/N-ethyl adjacent to an activating group) is 1. The summed E-state index contributed by atoms with van der Waals surface area (Å²) < 4.78 is 0. The van der Waals surface area contributed by atoms with Crippen LogP contribution in [-0.4, -0.2) is 53.1 Å². The van der Waals surface area contributed by atoms with E-state index in [0.29, 0.717) is 25.1 Å². The summed E-state index contributed by atoms with van der Waals surface area (Å²) in [5.74, 6) is 2.23. The van der Waals surface area contributed by atoms with Crippen molar-refractivity contribution in [2.24, 2.45) is 0 Å². The lowest BCUT2D eigenvalue weighted by atomic mass is 10.1. The average Bonchev–Trinajstić information content (AvgIpc) is 3.35. The third kappa shape index (κ3) is 4.03. The van der Waals surface area contributed by atoms with Gasteiger partial charge in [0.2, 0.25) is 11.9 Å². The molecule has 0 radical (unpaired) electrons. The predicted octanol–water partition coefficient (Wildman–Crippen LogP) is 3.72. The first kappa shape index (κ1) is 20.0. The predicted molar refractivity (Wildman–Crippen MR) is 123 cm³/mol. The van der Waals surface area contributed by atoms with E-state index in [4.69, 9.17) is 4.98 Å². The molecule has 0 aromatic carbocycles. The Balaban J connectivity index is 1.38. The maximum Gasteiger partial charge on any atom is 0.246 e. The van der Waals surface area contributed by atoms with Crippen LogP contribution in [-0.2, 0) is 4.79 Å². The zero-order valence-corrected chi connectivity index (χ0v) is 18.3. The number of piperidine rings is 1. The molecule has 2 aliphatic heterocycles. The first-order valence-electron chi connectivity index (χ1n) is 11.6. The van der Waals surface area contributed by atoms with Crippen LogP contribution in [0.4, 0.5) is 29.0 Å². The van der Waals surface area contributed by atoms with E-state index in [2.05, 4.69) is 31.2 Å². The van der Waals surface area contributed by atoms with Gasteiger partial charge in [0.1, 0.15) is 11.5 Å². The Bertz CT molecular complexity index is 920. The number of aromatic nitrogens is 3. The van der Waals surface area contributed by atoms with Gasteiger partial charge >= 0.3 is 0 Å².